The molecule has 178 valence electrons. The highest BCUT2D eigenvalue weighted by molar-refractivity contribution is 7.89. The Bertz CT molecular complexity index is 949. The summed E-state index contributed by atoms with van der Waals surface area (Å²) in [5.74, 6) is -0.705. The van der Waals surface area contributed by atoms with Crippen molar-refractivity contribution >= 4 is 21.8 Å². The van der Waals surface area contributed by atoms with Crippen molar-refractivity contribution in [1.29, 1.82) is 0 Å². The van der Waals surface area contributed by atoms with E-state index < -0.39 is 33.9 Å². The Hall–Kier alpha value is -1.94. The van der Waals surface area contributed by atoms with Crippen LogP contribution >= 0.6 is 0 Å². The Balaban J connectivity index is 1.57. The molecule has 3 aliphatic heterocycles. The second-order valence-electron chi connectivity index (χ2n) is 9.27. The third kappa shape index (κ3) is 3.96. The van der Waals surface area contributed by atoms with Crippen LogP contribution in [0.25, 0.3) is 0 Å². The Morgan fingerprint density at radius 3 is 2.50 bits per heavy atom. The van der Waals surface area contributed by atoms with Crippen LogP contribution in [-0.2, 0) is 19.6 Å². The zero-order valence-corrected chi connectivity index (χ0v) is 20.1. The Morgan fingerprint density at radius 2 is 1.88 bits per heavy atom. The molecule has 0 aromatic carbocycles. The molecule has 3 aliphatic rings. The molecule has 0 bridgehead atoms. The number of hydrogen-bond donors (Lipinski definition) is 0. The first-order valence-electron chi connectivity index (χ1n) is 11.8. The Morgan fingerprint density at radius 1 is 1.16 bits per heavy atom. The van der Waals surface area contributed by atoms with E-state index in [1.54, 1.807) is 18.7 Å². The summed E-state index contributed by atoms with van der Waals surface area (Å²) in [6.07, 6.45) is 5.77. The zero-order valence-electron chi connectivity index (χ0n) is 19.2. The number of nitrogens with zero attached hydrogens (tertiary/aromatic N) is 4. The van der Waals surface area contributed by atoms with Crippen molar-refractivity contribution < 1.29 is 22.5 Å². The van der Waals surface area contributed by atoms with E-state index in [0.29, 0.717) is 25.8 Å². The first-order chi connectivity index (χ1) is 15.3. The van der Waals surface area contributed by atoms with Crippen LogP contribution in [0.4, 0.5) is 0 Å². The van der Waals surface area contributed by atoms with Gasteiger partial charge in [0, 0.05) is 19.5 Å². The molecule has 32 heavy (non-hydrogen) atoms. The van der Waals surface area contributed by atoms with E-state index in [4.69, 9.17) is 4.52 Å². The van der Waals surface area contributed by atoms with E-state index in [1.807, 2.05) is 6.92 Å². The van der Waals surface area contributed by atoms with Crippen LogP contribution in [0.5, 0.6) is 0 Å². The number of hydrogen-bond acceptors (Lipinski definition) is 7. The molecule has 0 saturated carbocycles. The van der Waals surface area contributed by atoms with Gasteiger partial charge in [-0.05, 0) is 52.6 Å². The third-order valence-electron chi connectivity index (χ3n) is 7.16. The standard InChI is InChI=1S/C22H34N4O5S/c1-4-8-17-20-18(9-14-25(20)19(27)10-13-24-11-6-5-7-12-24)26(22(17)28)32(29,30)21-15(2)23-31-16(21)3/h17-18,20H,4-14H2,1-3H3/t17-,18+,20-/m1/s1. The summed E-state index contributed by atoms with van der Waals surface area (Å²) in [5, 5.41) is 3.77. The lowest BCUT2D eigenvalue weighted by molar-refractivity contribution is -0.134. The van der Waals surface area contributed by atoms with Crippen LogP contribution in [0.3, 0.4) is 0 Å². The van der Waals surface area contributed by atoms with Crippen LogP contribution in [0, 0.1) is 19.8 Å². The number of sulfonamides is 1. The molecule has 4 rings (SSSR count). The SMILES string of the molecule is CCC[C@H]1C(=O)N(S(=O)(=O)c2c(C)noc2C)[C@H]2CCN(C(=O)CCN3CCCCC3)[C@H]12. The van der Waals surface area contributed by atoms with Crippen molar-refractivity contribution in [1.82, 2.24) is 19.3 Å². The summed E-state index contributed by atoms with van der Waals surface area (Å²) in [6, 6.07) is -0.928. The van der Waals surface area contributed by atoms with Crippen LogP contribution in [-0.4, -0.2) is 77.8 Å². The maximum atomic E-state index is 13.5. The molecule has 0 spiro atoms. The molecule has 0 N–H and O–H groups in total. The highest BCUT2D eigenvalue weighted by Crippen LogP contribution is 2.42. The van der Waals surface area contributed by atoms with Gasteiger partial charge < -0.3 is 14.3 Å². The van der Waals surface area contributed by atoms with E-state index >= 15 is 0 Å². The molecule has 1 aromatic heterocycles. The van der Waals surface area contributed by atoms with E-state index in [1.165, 1.54) is 19.3 Å². The topological polar surface area (TPSA) is 104 Å². The van der Waals surface area contributed by atoms with Gasteiger partial charge in [0.2, 0.25) is 11.8 Å². The first kappa shape index (κ1) is 23.2. The number of piperidine rings is 1. The number of carbonyl (C=O) groups excluding carboxylic acids is 2. The Kier molecular flexibility index (Phi) is 6.63. The van der Waals surface area contributed by atoms with Gasteiger partial charge in [0.25, 0.3) is 10.0 Å². The summed E-state index contributed by atoms with van der Waals surface area (Å²) in [7, 11) is -4.11. The van der Waals surface area contributed by atoms with Crippen LogP contribution in [0.2, 0.25) is 0 Å². The maximum absolute atomic E-state index is 13.5. The molecule has 10 heteroatoms. The minimum Gasteiger partial charge on any atom is -0.360 e. The van der Waals surface area contributed by atoms with Crippen molar-refractivity contribution in [2.45, 2.75) is 82.7 Å². The van der Waals surface area contributed by atoms with Gasteiger partial charge in [-0.1, -0.05) is 24.9 Å². The van der Waals surface area contributed by atoms with Gasteiger partial charge in [-0.25, -0.2) is 12.7 Å². The van der Waals surface area contributed by atoms with Crippen molar-refractivity contribution in [2.24, 2.45) is 5.92 Å². The zero-order chi connectivity index (χ0) is 23.0. The van der Waals surface area contributed by atoms with Crippen LogP contribution in [0.1, 0.15) is 63.3 Å². The van der Waals surface area contributed by atoms with Crippen molar-refractivity contribution in [3.8, 4) is 0 Å². The molecule has 1 aromatic rings. The largest absolute Gasteiger partial charge is 0.360 e. The Labute approximate surface area is 190 Å². The second kappa shape index (κ2) is 9.13. The monoisotopic (exact) mass is 466 g/mol. The maximum Gasteiger partial charge on any atom is 0.272 e. The van der Waals surface area contributed by atoms with Crippen molar-refractivity contribution in [2.75, 3.05) is 26.2 Å². The number of carbonyl (C=O) groups is 2. The molecule has 3 saturated heterocycles. The fourth-order valence-corrected chi connectivity index (χ4v) is 7.69. The lowest BCUT2D eigenvalue weighted by Crippen LogP contribution is -2.44. The molecule has 2 amide bonds. The van der Waals surface area contributed by atoms with E-state index in [9.17, 15) is 18.0 Å². The highest BCUT2D eigenvalue weighted by atomic mass is 32.2. The molecule has 0 unspecified atom stereocenters. The lowest BCUT2D eigenvalue weighted by Gasteiger charge is -2.30. The van der Waals surface area contributed by atoms with Crippen LogP contribution in [0.15, 0.2) is 9.42 Å². The van der Waals surface area contributed by atoms with Crippen LogP contribution < -0.4 is 0 Å². The van der Waals surface area contributed by atoms with Gasteiger partial charge in [-0.15, -0.1) is 0 Å². The number of fused-ring (bicyclic) bond motifs is 1. The molecule has 3 fully saturated rings. The predicted molar refractivity (Wildman–Crippen MR) is 117 cm³/mol. The molecule has 4 heterocycles. The number of aromatic nitrogens is 1. The molecule has 0 aliphatic carbocycles. The van der Waals surface area contributed by atoms with Gasteiger partial charge in [0.05, 0.1) is 18.0 Å². The van der Waals surface area contributed by atoms with Crippen molar-refractivity contribution in [3.05, 3.63) is 11.5 Å². The number of amides is 2. The fourth-order valence-electron chi connectivity index (χ4n) is 5.73. The summed E-state index contributed by atoms with van der Waals surface area (Å²) in [6.45, 7) is 8.34. The molecule has 0 radical (unpaired) electrons. The smallest absolute Gasteiger partial charge is 0.272 e. The summed E-state index contributed by atoms with van der Waals surface area (Å²) in [5.41, 5.74) is 0.248. The molecular weight excluding hydrogens is 432 g/mol. The normalized spacial score (nSPS) is 26.7. The molecular formula is C22H34N4O5S. The van der Waals surface area contributed by atoms with E-state index in [0.717, 1.165) is 30.4 Å². The minimum absolute atomic E-state index is 0.0218. The third-order valence-corrected chi connectivity index (χ3v) is 9.23. The molecule has 9 nitrogen and oxygen atoms in total. The van der Waals surface area contributed by atoms with Gasteiger partial charge in [-0.3, -0.25) is 9.59 Å². The molecule has 3 atom stereocenters. The summed E-state index contributed by atoms with van der Waals surface area (Å²) in [4.78, 5) is 30.7. The van der Waals surface area contributed by atoms with Gasteiger partial charge in [0.15, 0.2) is 10.7 Å². The van der Waals surface area contributed by atoms with E-state index in [-0.39, 0.29) is 22.3 Å². The minimum atomic E-state index is -4.11. The number of aryl methyl sites for hydroxylation is 2. The fraction of sp³-hybridized carbons (Fsp3) is 0.773. The van der Waals surface area contributed by atoms with Gasteiger partial charge in [-0.2, -0.15) is 0 Å². The number of rotatable bonds is 7. The average Bonchev–Trinajstić information content (AvgIpc) is 3.41. The first-order valence-corrected chi connectivity index (χ1v) is 13.2. The van der Waals surface area contributed by atoms with Crippen molar-refractivity contribution in [3.63, 3.8) is 0 Å². The second-order valence-corrected chi connectivity index (χ2v) is 11.0. The quantitative estimate of drug-likeness (QED) is 0.606. The summed E-state index contributed by atoms with van der Waals surface area (Å²) >= 11 is 0. The van der Waals surface area contributed by atoms with Gasteiger partial charge in [0.1, 0.15) is 5.69 Å². The van der Waals surface area contributed by atoms with Gasteiger partial charge >= 0.3 is 0 Å². The lowest BCUT2D eigenvalue weighted by atomic mass is 9.94. The number of likely N-dealkylation sites (tertiary alicyclic amines) is 2. The predicted octanol–water partition coefficient (Wildman–Crippen LogP) is 2.08. The highest BCUT2D eigenvalue weighted by Gasteiger charge is 2.58. The summed E-state index contributed by atoms with van der Waals surface area (Å²) < 4.78 is 33.2. The van der Waals surface area contributed by atoms with E-state index in [2.05, 4.69) is 10.1 Å². The average molecular weight is 467 g/mol.